The lowest BCUT2D eigenvalue weighted by Gasteiger charge is -2.09. The Kier molecular flexibility index (Phi) is 5.08. The van der Waals surface area contributed by atoms with Crippen LogP contribution in [0.1, 0.15) is 5.56 Å². The van der Waals surface area contributed by atoms with Crippen molar-refractivity contribution in [1.82, 2.24) is 19.3 Å². The molecule has 10 heteroatoms. The average molecular weight is 470 g/mol. The number of hydrogen-bond donors (Lipinski definition) is 1. The molecule has 152 valence electrons. The smallest absolute Gasteiger partial charge is 0.332 e. The number of hydrogen-bond acceptors (Lipinski definition) is 6. The van der Waals surface area contributed by atoms with Crippen molar-refractivity contribution in [2.24, 2.45) is 14.1 Å². The van der Waals surface area contributed by atoms with Crippen LogP contribution < -0.4 is 16.6 Å². The van der Waals surface area contributed by atoms with E-state index in [0.29, 0.717) is 11.3 Å². The third kappa shape index (κ3) is 3.57. The molecule has 4 rings (SSSR count). The molecule has 0 aliphatic carbocycles. The maximum absolute atomic E-state index is 12.6. The van der Waals surface area contributed by atoms with Crippen LogP contribution in [-0.4, -0.2) is 25.2 Å². The lowest BCUT2D eigenvalue weighted by atomic mass is 10.1. The molecular weight excluding hydrogens is 454 g/mol. The number of carbonyl (C=O) groups excluding carboxylic acids is 1. The number of amides is 1. The van der Waals surface area contributed by atoms with E-state index in [4.69, 9.17) is 4.52 Å². The van der Waals surface area contributed by atoms with E-state index in [1.165, 1.54) is 24.9 Å². The van der Waals surface area contributed by atoms with Gasteiger partial charge in [-0.05, 0) is 23.8 Å². The van der Waals surface area contributed by atoms with Crippen molar-refractivity contribution in [3.05, 3.63) is 73.5 Å². The predicted molar refractivity (Wildman–Crippen MR) is 114 cm³/mol. The first kappa shape index (κ1) is 19.8. The van der Waals surface area contributed by atoms with Gasteiger partial charge in [-0.3, -0.25) is 18.7 Å². The van der Waals surface area contributed by atoms with E-state index in [0.717, 1.165) is 14.6 Å². The molecule has 1 N–H and O–H groups in total. The summed E-state index contributed by atoms with van der Waals surface area (Å²) in [7, 11) is 2.92. The molecule has 1 aromatic carbocycles. The summed E-state index contributed by atoms with van der Waals surface area (Å²) in [5, 5.41) is 6.77. The molecule has 30 heavy (non-hydrogen) atoms. The minimum absolute atomic E-state index is 0.0903. The van der Waals surface area contributed by atoms with Gasteiger partial charge in [0.2, 0.25) is 5.91 Å². The molecule has 0 bridgehead atoms. The highest BCUT2D eigenvalue weighted by Gasteiger charge is 2.16. The van der Waals surface area contributed by atoms with E-state index in [9.17, 15) is 14.4 Å². The number of aromatic nitrogens is 4. The third-order valence-electron chi connectivity index (χ3n) is 4.68. The Morgan fingerprint density at radius 2 is 1.87 bits per heavy atom. The number of benzene rings is 1. The van der Waals surface area contributed by atoms with Gasteiger partial charge in [-0.15, -0.1) is 0 Å². The summed E-state index contributed by atoms with van der Waals surface area (Å²) in [6.45, 7) is 0. The van der Waals surface area contributed by atoms with Crippen LogP contribution in [0.2, 0.25) is 0 Å². The number of anilines is 1. The second-order valence-electron chi connectivity index (χ2n) is 6.68. The van der Waals surface area contributed by atoms with Gasteiger partial charge in [-0.2, -0.15) is 0 Å². The molecule has 0 saturated heterocycles. The zero-order chi connectivity index (χ0) is 21.4. The average Bonchev–Trinajstić information content (AvgIpc) is 3.19. The van der Waals surface area contributed by atoms with Crippen LogP contribution in [0.4, 0.5) is 5.82 Å². The van der Waals surface area contributed by atoms with Crippen molar-refractivity contribution in [3.8, 4) is 11.3 Å². The van der Waals surface area contributed by atoms with Crippen molar-refractivity contribution in [3.63, 3.8) is 0 Å². The van der Waals surface area contributed by atoms with Crippen LogP contribution in [-0.2, 0) is 25.3 Å². The highest BCUT2D eigenvalue weighted by atomic mass is 79.9. The van der Waals surface area contributed by atoms with E-state index in [-0.39, 0.29) is 29.2 Å². The van der Waals surface area contributed by atoms with Gasteiger partial charge >= 0.3 is 5.69 Å². The maximum Gasteiger partial charge on any atom is 0.332 e. The van der Waals surface area contributed by atoms with Crippen LogP contribution >= 0.6 is 15.9 Å². The number of carbonyl (C=O) groups is 1. The van der Waals surface area contributed by atoms with E-state index >= 15 is 0 Å². The van der Waals surface area contributed by atoms with E-state index in [2.05, 4.69) is 31.4 Å². The van der Waals surface area contributed by atoms with Crippen LogP contribution in [0.3, 0.4) is 0 Å². The summed E-state index contributed by atoms with van der Waals surface area (Å²) in [4.78, 5) is 41.4. The third-order valence-corrected chi connectivity index (χ3v) is 5.21. The van der Waals surface area contributed by atoms with E-state index in [1.807, 2.05) is 24.3 Å². The van der Waals surface area contributed by atoms with E-state index in [1.54, 1.807) is 12.1 Å². The molecule has 3 heterocycles. The second-order valence-corrected chi connectivity index (χ2v) is 7.60. The van der Waals surface area contributed by atoms with Gasteiger partial charge in [0.15, 0.2) is 11.6 Å². The first-order valence-corrected chi connectivity index (χ1v) is 9.70. The maximum atomic E-state index is 12.6. The quantitative estimate of drug-likeness (QED) is 0.490. The lowest BCUT2D eigenvalue weighted by molar-refractivity contribution is -0.115. The number of nitrogens with zero attached hydrogens (tertiary/aromatic N) is 4. The molecule has 0 aliphatic heterocycles. The van der Waals surface area contributed by atoms with Crippen molar-refractivity contribution in [1.29, 1.82) is 0 Å². The molecule has 0 fully saturated rings. The van der Waals surface area contributed by atoms with Crippen LogP contribution in [0.25, 0.3) is 22.4 Å². The fourth-order valence-electron chi connectivity index (χ4n) is 3.14. The Morgan fingerprint density at radius 1 is 1.13 bits per heavy atom. The highest BCUT2D eigenvalue weighted by Crippen LogP contribution is 2.24. The number of pyridine rings is 1. The Hall–Kier alpha value is -3.53. The normalized spacial score (nSPS) is 11.0. The molecule has 4 aromatic rings. The summed E-state index contributed by atoms with van der Waals surface area (Å²) in [5.41, 5.74) is 0.529. The summed E-state index contributed by atoms with van der Waals surface area (Å²) in [6.07, 6.45) is 1.37. The van der Waals surface area contributed by atoms with Gasteiger partial charge in [-0.1, -0.05) is 33.2 Å². The summed E-state index contributed by atoms with van der Waals surface area (Å²) < 4.78 is 8.50. The molecule has 3 aromatic heterocycles. The van der Waals surface area contributed by atoms with Crippen molar-refractivity contribution in [2.45, 2.75) is 6.42 Å². The van der Waals surface area contributed by atoms with Crippen LogP contribution in [0, 0.1) is 0 Å². The number of nitrogens with one attached hydrogen (secondary N) is 1. The highest BCUT2D eigenvalue weighted by molar-refractivity contribution is 9.10. The number of fused-ring (bicyclic) bond motifs is 1. The van der Waals surface area contributed by atoms with Gasteiger partial charge in [-0.25, -0.2) is 9.78 Å². The van der Waals surface area contributed by atoms with Gasteiger partial charge < -0.3 is 9.84 Å². The summed E-state index contributed by atoms with van der Waals surface area (Å²) in [5.74, 6) is 0.390. The minimum Gasteiger partial charge on any atom is -0.354 e. The molecule has 9 nitrogen and oxygen atoms in total. The first-order valence-electron chi connectivity index (χ1n) is 8.91. The standard InChI is InChI=1S/C20H16BrN5O4/c1-25-18-17(19(28)26(2)20(25)29)12(7-8-22-18)9-16(27)23-15-10-14(30-24-15)11-3-5-13(21)6-4-11/h3-8,10H,9H2,1-2H3,(H,23,24,27). The molecule has 0 spiro atoms. The number of rotatable bonds is 4. The first-order chi connectivity index (χ1) is 14.3. The fourth-order valence-corrected chi connectivity index (χ4v) is 3.40. The van der Waals surface area contributed by atoms with Crippen molar-refractivity contribution >= 4 is 38.7 Å². The van der Waals surface area contributed by atoms with Crippen LogP contribution in [0.15, 0.2) is 61.2 Å². The van der Waals surface area contributed by atoms with Gasteiger partial charge in [0.25, 0.3) is 5.56 Å². The number of aryl methyl sites for hydroxylation is 1. The fraction of sp³-hybridized carbons (Fsp3) is 0.150. The Balaban J connectivity index is 1.60. The van der Waals surface area contributed by atoms with Gasteiger partial charge in [0.1, 0.15) is 5.65 Å². The van der Waals surface area contributed by atoms with Gasteiger partial charge in [0, 0.05) is 36.4 Å². The SMILES string of the molecule is Cn1c(=O)c2c(CC(=O)Nc3cc(-c4ccc(Br)cc4)on3)ccnc2n(C)c1=O. The van der Waals surface area contributed by atoms with Crippen molar-refractivity contribution < 1.29 is 9.32 Å². The topological polar surface area (TPSA) is 112 Å². The molecule has 0 saturated carbocycles. The Morgan fingerprint density at radius 3 is 2.60 bits per heavy atom. The predicted octanol–water partition coefficient (Wildman–Crippen LogP) is 2.23. The Labute approximate surface area is 178 Å². The summed E-state index contributed by atoms with van der Waals surface area (Å²) >= 11 is 3.37. The largest absolute Gasteiger partial charge is 0.354 e. The molecule has 0 aliphatic rings. The second kappa shape index (κ2) is 7.71. The Bertz CT molecular complexity index is 1390. The summed E-state index contributed by atoms with van der Waals surface area (Å²) in [6, 6.07) is 10.7. The van der Waals surface area contributed by atoms with Gasteiger partial charge in [0.05, 0.1) is 11.8 Å². The monoisotopic (exact) mass is 469 g/mol. The zero-order valence-corrected chi connectivity index (χ0v) is 17.6. The molecule has 1 amide bonds. The zero-order valence-electron chi connectivity index (χ0n) is 16.0. The molecule has 0 radical (unpaired) electrons. The molecular formula is C20H16BrN5O4. The molecule has 0 atom stereocenters. The van der Waals surface area contributed by atoms with Crippen LogP contribution in [0.5, 0.6) is 0 Å². The lowest BCUT2D eigenvalue weighted by Crippen LogP contribution is -2.37. The minimum atomic E-state index is -0.497. The molecule has 0 unspecified atom stereocenters. The number of halogens is 1. The van der Waals surface area contributed by atoms with Crippen molar-refractivity contribution in [2.75, 3.05) is 5.32 Å². The van der Waals surface area contributed by atoms with E-state index < -0.39 is 11.2 Å².